The molecule has 0 unspecified atom stereocenters. The second-order valence-electron chi connectivity index (χ2n) is 6.78. The Balaban J connectivity index is 1.94. The lowest BCUT2D eigenvalue weighted by Crippen LogP contribution is -2.43. The third-order valence-electron chi connectivity index (χ3n) is 4.98. The molecule has 3 rings (SSSR count). The SMILES string of the molecule is CCc1c(C)cc(C(=O)N2Cc3nnc(COC)n3[C@@H](C)C2)c(=O)n1C. The molecule has 0 spiro atoms. The normalized spacial score (nSPS) is 16.7. The number of carbonyl (C=O) groups is 1. The highest BCUT2D eigenvalue weighted by Crippen LogP contribution is 2.23. The molecule has 0 aliphatic carbocycles. The largest absolute Gasteiger partial charge is 0.377 e. The zero-order valence-electron chi connectivity index (χ0n) is 15.9. The van der Waals surface area contributed by atoms with Crippen molar-refractivity contribution < 1.29 is 9.53 Å². The Morgan fingerprint density at radius 1 is 1.38 bits per heavy atom. The maximum absolute atomic E-state index is 13.0. The van der Waals surface area contributed by atoms with Crippen molar-refractivity contribution in [3.05, 3.63) is 44.9 Å². The lowest BCUT2D eigenvalue weighted by Gasteiger charge is -2.32. The molecule has 26 heavy (non-hydrogen) atoms. The van der Waals surface area contributed by atoms with Gasteiger partial charge >= 0.3 is 0 Å². The molecule has 2 aromatic heterocycles. The molecule has 0 N–H and O–H groups in total. The average molecular weight is 359 g/mol. The Hall–Kier alpha value is -2.48. The number of ether oxygens (including phenoxy) is 1. The van der Waals surface area contributed by atoms with Gasteiger partial charge in [-0.3, -0.25) is 9.59 Å². The molecule has 0 bridgehead atoms. The number of methoxy groups -OCH3 is 1. The number of fused-ring (bicyclic) bond motifs is 1. The lowest BCUT2D eigenvalue weighted by molar-refractivity contribution is 0.0672. The summed E-state index contributed by atoms with van der Waals surface area (Å²) >= 11 is 0. The van der Waals surface area contributed by atoms with E-state index in [1.54, 1.807) is 29.7 Å². The fraction of sp³-hybridized carbons (Fsp3) is 0.556. The van der Waals surface area contributed by atoms with Crippen molar-refractivity contribution in [1.82, 2.24) is 24.2 Å². The van der Waals surface area contributed by atoms with Gasteiger partial charge in [0.1, 0.15) is 12.2 Å². The second kappa shape index (κ2) is 7.03. The van der Waals surface area contributed by atoms with Crippen LogP contribution >= 0.6 is 0 Å². The van der Waals surface area contributed by atoms with Gasteiger partial charge in [0.05, 0.1) is 12.6 Å². The molecular formula is C18H25N5O3. The summed E-state index contributed by atoms with van der Waals surface area (Å²) < 4.78 is 8.75. The van der Waals surface area contributed by atoms with E-state index in [-0.39, 0.29) is 23.1 Å². The molecule has 0 saturated heterocycles. The van der Waals surface area contributed by atoms with Crippen molar-refractivity contribution in [3.63, 3.8) is 0 Å². The number of amides is 1. The zero-order valence-corrected chi connectivity index (χ0v) is 15.9. The Morgan fingerprint density at radius 2 is 2.12 bits per heavy atom. The monoisotopic (exact) mass is 359 g/mol. The number of aryl methyl sites for hydroxylation is 1. The minimum Gasteiger partial charge on any atom is -0.377 e. The summed E-state index contributed by atoms with van der Waals surface area (Å²) in [5.41, 5.74) is 1.85. The summed E-state index contributed by atoms with van der Waals surface area (Å²) in [5, 5.41) is 8.35. The first-order valence-corrected chi connectivity index (χ1v) is 8.79. The molecule has 1 amide bonds. The Bertz CT molecular complexity index is 899. The van der Waals surface area contributed by atoms with Crippen LogP contribution in [-0.2, 0) is 31.4 Å². The molecule has 140 valence electrons. The third-order valence-corrected chi connectivity index (χ3v) is 4.98. The number of nitrogens with zero attached hydrogens (tertiary/aromatic N) is 5. The van der Waals surface area contributed by atoms with Gasteiger partial charge in [0.25, 0.3) is 11.5 Å². The Morgan fingerprint density at radius 3 is 2.77 bits per heavy atom. The molecule has 0 fully saturated rings. The van der Waals surface area contributed by atoms with Crippen molar-refractivity contribution in [1.29, 1.82) is 0 Å². The number of hydrogen-bond donors (Lipinski definition) is 0. The van der Waals surface area contributed by atoms with Gasteiger partial charge in [0.15, 0.2) is 11.6 Å². The minimum atomic E-state index is -0.259. The molecule has 0 aromatic carbocycles. The van der Waals surface area contributed by atoms with Gasteiger partial charge in [-0.15, -0.1) is 10.2 Å². The van der Waals surface area contributed by atoms with Crippen LogP contribution in [0.2, 0.25) is 0 Å². The number of hydrogen-bond acceptors (Lipinski definition) is 5. The van der Waals surface area contributed by atoms with Crippen molar-refractivity contribution in [2.24, 2.45) is 7.05 Å². The van der Waals surface area contributed by atoms with Crippen molar-refractivity contribution in [2.75, 3.05) is 13.7 Å². The van der Waals surface area contributed by atoms with Gasteiger partial charge in [0.2, 0.25) is 0 Å². The van der Waals surface area contributed by atoms with E-state index in [9.17, 15) is 9.59 Å². The predicted octanol–water partition coefficient (Wildman–Crippen LogP) is 1.21. The second-order valence-corrected chi connectivity index (χ2v) is 6.78. The van der Waals surface area contributed by atoms with Crippen LogP contribution in [0.15, 0.2) is 10.9 Å². The highest BCUT2D eigenvalue weighted by Gasteiger charge is 2.31. The van der Waals surface area contributed by atoms with E-state index in [1.807, 2.05) is 25.3 Å². The maximum Gasteiger partial charge on any atom is 0.263 e. The van der Waals surface area contributed by atoms with Gasteiger partial charge in [-0.2, -0.15) is 0 Å². The molecule has 1 atom stereocenters. The van der Waals surface area contributed by atoms with E-state index >= 15 is 0 Å². The molecule has 0 saturated carbocycles. The van der Waals surface area contributed by atoms with Crippen LogP contribution in [0.25, 0.3) is 0 Å². The molecule has 1 aliphatic rings. The Kier molecular flexibility index (Phi) is 4.95. The molecule has 1 aliphatic heterocycles. The van der Waals surface area contributed by atoms with E-state index in [0.29, 0.717) is 25.5 Å². The molecule has 0 radical (unpaired) electrons. The van der Waals surface area contributed by atoms with Crippen LogP contribution in [0.4, 0.5) is 0 Å². The number of pyridine rings is 1. The van der Waals surface area contributed by atoms with E-state index in [1.165, 1.54) is 0 Å². The average Bonchev–Trinajstić information content (AvgIpc) is 3.02. The number of aromatic nitrogens is 4. The molecule has 8 nitrogen and oxygen atoms in total. The third kappa shape index (κ3) is 2.94. The van der Waals surface area contributed by atoms with Crippen molar-refractivity contribution in [3.8, 4) is 0 Å². The van der Waals surface area contributed by atoms with Crippen molar-refractivity contribution >= 4 is 5.91 Å². The van der Waals surface area contributed by atoms with E-state index in [4.69, 9.17) is 4.74 Å². The van der Waals surface area contributed by atoms with E-state index in [0.717, 1.165) is 23.5 Å². The summed E-state index contributed by atoms with van der Waals surface area (Å²) in [4.78, 5) is 27.4. The topological polar surface area (TPSA) is 82.2 Å². The molecule has 3 heterocycles. The molecule has 2 aromatic rings. The lowest BCUT2D eigenvalue weighted by atomic mass is 10.1. The summed E-state index contributed by atoms with van der Waals surface area (Å²) in [5.74, 6) is 1.20. The number of rotatable bonds is 4. The quantitative estimate of drug-likeness (QED) is 0.819. The van der Waals surface area contributed by atoms with Gasteiger partial charge < -0.3 is 18.8 Å². The molecular weight excluding hydrogens is 334 g/mol. The van der Waals surface area contributed by atoms with Gasteiger partial charge in [0, 0.05) is 26.4 Å². The highest BCUT2D eigenvalue weighted by atomic mass is 16.5. The van der Waals surface area contributed by atoms with Crippen LogP contribution in [0.5, 0.6) is 0 Å². The summed E-state index contributed by atoms with van der Waals surface area (Å²) in [6, 6.07) is 1.73. The molecule has 8 heteroatoms. The fourth-order valence-electron chi connectivity index (χ4n) is 3.76. The Labute approximate surface area is 152 Å². The summed E-state index contributed by atoms with van der Waals surface area (Å²) in [6.07, 6.45) is 0.748. The van der Waals surface area contributed by atoms with Gasteiger partial charge in [-0.25, -0.2) is 0 Å². The smallest absolute Gasteiger partial charge is 0.263 e. The van der Waals surface area contributed by atoms with Crippen molar-refractivity contribution in [2.45, 2.75) is 46.4 Å². The first-order chi connectivity index (χ1) is 12.4. The first kappa shape index (κ1) is 18.3. The standard InChI is InChI=1S/C18H25N5O3/c1-6-14-11(2)7-13(17(24)21(14)4)18(25)22-8-12(3)23-15(9-22)19-20-16(23)10-26-5/h7,12H,6,8-10H2,1-5H3/t12-/m0/s1. The zero-order chi connectivity index (χ0) is 19.0. The summed E-state index contributed by atoms with van der Waals surface area (Å²) in [6.45, 7) is 7.15. The maximum atomic E-state index is 13.0. The van der Waals surface area contributed by atoms with Crippen LogP contribution in [-0.4, -0.2) is 43.8 Å². The highest BCUT2D eigenvalue weighted by molar-refractivity contribution is 5.94. The first-order valence-electron chi connectivity index (χ1n) is 8.79. The minimum absolute atomic E-state index is 0.0164. The number of carbonyl (C=O) groups excluding carboxylic acids is 1. The summed E-state index contributed by atoms with van der Waals surface area (Å²) in [7, 11) is 3.33. The van der Waals surface area contributed by atoms with E-state index in [2.05, 4.69) is 10.2 Å². The van der Waals surface area contributed by atoms with Gasteiger partial charge in [-0.05, 0) is 31.9 Å². The van der Waals surface area contributed by atoms with Crippen LogP contribution < -0.4 is 5.56 Å². The van der Waals surface area contributed by atoms with Crippen LogP contribution in [0.3, 0.4) is 0 Å². The van der Waals surface area contributed by atoms with E-state index < -0.39 is 0 Å². The van der Waals surface area contributed by atoms with Crippen LogP contribution in [0.1, 0.15) is 53.2 Å². The van der Waals surface area contributed by atoms with Crippen LogP contribution in [0, 0.1) is 6.92 Å². The fourth-order valence-corrected chi connectivity index (χ4v) is 3.76. The predicted molar refractivity (Wildman–Crippen MR) is 96.0 cm³/mol. The van der Waals surface area contributed by atoms with Gasteiger partial charge in [-0.1, -0.05) is 6.92 Å².